The van der Waals surface area contributed by atoms with Gasteiger partial charge in [-0.3, -0.25) is 0 Å². The molecule has 0 aromatic carbocycles. The fourth-order valence-corrected chi connectivity index (χ4v) is 3.96. The van der Waals surface area contributed by atoms with E-state index in [9.17, 15) is 0 Å². The summed E-state index contributed by atoms with van der Waals surface area (Å²) in [4.78, 5) is 4.49. The van der Waals surface area contributed by atoms with E-state index in [2.05, 4.69) is 46.4 Å². The van der Waals surface area contributed by atoms with E-state index in [0.29, 0.717) is 0 Å². The standard InChI is InChI=1S/C15H20N2S/c1-12-7-8-17-13(10-16-15(17)9-12)11-18-14-5-3-2-4-6-14/h7-10,14H,2-6,11H2,1H3. The first kappa shape index (κ1) is 12.1. The zero-order valence-corrected chi connectivity index (χ0v) is 11.7. The van der Waals surface area contributed by atoms with E-state index in [1.165, 1.54) is 43.4 Å². The first-order valence-electron chi connectivity index (χ1n) is 6.87. The molecule has 0 radical (unpaired) electrons. The molecule has 2 aromatic rings. The molecule has 3 heteroatoms. The number of rotatable bonds is 3. The van der Waals surface area contributed by atoms with Gasteiger partial charge in [-0.2, -0.15) is 11.8 Å². The lowest BCUT2D eigenvalue weighted by molar-refractivity contribution is 0.516. The van der Waals surface area contributed by atoms with Gasteiger partial charge in [-0.1, -0.05) is 19.3 Å². The topological polar surface area (TPSA) is 17.3 Å². The van der Waals surface area contributed by atoms with Crippen LogP contribution in [0, 0.1) is 6.92 Å². The van der Waals surface area contributed by atoms with Gasteiger partial charge in [0.15, 0.2) is 0 Å². The van der Waals surface area contributed by atoms with Gasteiger partial charge < -0.3 is 4.40 Å². The second kappa shape index (κ2) is 5.35. The first-order chi connectivity index (χ1) is 8.83. The summed E-state index contributed by atoms with van der Waals surface area (Å²) in [7, 11) is 0. The molecule has 0 N–H and O–H groups in total. The van der Waals surface area contributed by atoms with Crippen LogP contribution in [0.4, 0.5) is 0 Å². The number of aryl methyl sites for hydroxylation is 1. The molecule has 0 bridgehead atoms. The van der Waals surface area contributed by atoms with E-state index in [-0.39, 0.29) is 0 Å². The SMILES string of the molecule is Cc1ccn2c(CSC3CCCCC3)cnc2c1. The lowest BCUT2D eigenvalue weighted by Gasteiger charge is -2.20. The van der Waals surface area contributed by atoms with Crippen molar-refractivity contribution in [3.8, 4) is 0 Å². The minimum Gasteiger partial charge on any atom is -0.303 e. The Kier molecular flexibility index (Phi) is 3.59. The van der Waals surface area contributed by atoms with Gasteiger partial charge in [0, 0.05) is 17.2 Å². The van der Waals surface area contributed by atoms with Crippen molar-refractivity contribution < 1.29 is 0 Å². The maximum Gasteiger partial charge on any atom is 0.137 e. The molecular weight excluding hydrogens is 240 g/mol. The smallest absolute Gasteiger partial charge is 0.137 e. The average molecular weight is 260 g/mol. The Bertz CT molecular complexity index is 526. The normalized spacial score (nSPS) is 17.4. The number of hydrogen-bond acceptors (Lipinski definition) is 2. The highest BCUT2D eigenvalue weighted by Gasteiger charge is 2.14. The quantitative estimate of drug-likeness (QED) is 0.822. The van der Waals surface area contributed by atoms with E-state index in [4.69, 9.17) is 0 Å². The summed E-state index contributed by atoms with van der Waals surface area (Å²) in [5.74, 6) is 1.09. The molecule has 0 saturated heterocycles. The number of hydrogen-bond donors (Lipinski definition) is 0. The molecule has 1 aliphatic carbocycles. The molecule has 1 fully saturated rings. The third-order valence-corrected chi connectivity index (χ3v) is 5.17. The second-order valence-corrected chi connectivity index (χ2v) is 6.54. The minimum absolute atomic E-state index is 0.870. The van der Waals surface area contributed by atoms with Crippen LogP contribution in [0.15, 0.2) is 24.5 Å². The van der Waals surface area contributed by atoms with Crippen LogP contribution in [-0.2, 0) is 5.75 Å². The molecule has 3 rings (SSSR count). The molecular formula is C15H20N2S. The highest BCUT2D eigenvalue weighted by atomic mass is 32.2. The van der Waals surface area contributed by atoms with Crippen molar-refractivity contribution in [2.75, 3.05) is 0 Å². The van der Waals surface area contributed by atoms with Gasteiger partial charge in [0.25, 0.3) is 0 Å². The lowest BCUT2D eigenvalue weighted by atomic mass is 10.0. The van der Waals surface area contributed by atoms with Crippen LogP contribution >= 0.6 is 11.8 Å². The van der Waals surface area contributed by atoms with E-state index in [1.54, 1.807) is 0 Å². The molecule has 1 aliphatic rings. The van der Waals surface area contributed by atoms with Gasteiger partial charge in [-0.15, -0.1) is 0 Å². The number of fused-ring (bicyclic) bond motifs is 1. The van der Waals surface area contributed by atoms with Crippen molar-refractivity contribution in [1.29, 1.82) is 0 Å². The molecule has 0 unspecified atom stereocenters. The molecule has 0 amide bonds. The summed E-state index contributed by atoms with van der Waals surface area (Å²) in [5, 5.41) is 0.870. The van der Waals surface area contributed by atoms with Gasteiger partial charge in [0.05, 0.1) is 11.9 Å². The molecule has 1 saturated carbocycles. The number of aromatic nitrogens is 2. The van der Waals surface area contributed by atoms with E-state index in [1.807, 2.05) is 6.20 Å². The number of thioether (sulfide) groups is 1. The highest BCUT2D eigenvalue weighted by molar-refractivity contribution is 7.99. The maximum atomic E-state index is 4.49. The molecule has 2 heterocycles. The van der Waals surface area contributed by atoms with Crippen LogP contribution < -0.4 is 0 Å². The Morgan fingerprint density at radius 1 is 1.33 bits per heavy atom. The van der Waals surface area contributed by atoms with Crippen LogP contribution in [0.3, 0.4) is 0 Å². The van der Waals surface area contributed by atoms with Crippen LogP contribution in [0.1, 0.15) is 43.4 Å². The Balaban J connectivity index is 1.70. The Hall–Kier alpha value is -0.960. The lowest BCUT2D eigenvalue weighted by Crippen LogP contribution is -2.08. The molecule has 2 aromatic heterocycles. The molecule has 0 atom stereocenters. The number of nitrogens with zero attached hydrogens (tertiary/aromatic N) is 2. The maximum absolute atomic E-state index is 4.49. The van der Waals surface area contributed by atoms with Crippen LogP contribution in [0.25, 0.3) is 5.65 Å². The molecule has 18 heavy (non-hydrogen) atoms. The molecule has 0 spiro atoms. The van der Waals surface area contributed by atoms with Crippen LogP contribution in [-0.4, -0.2) is 14.6 Å². The van der Waals surface area contributed by atoms with E-state index < -0.39 is 0 Å². The van der Waals surface area contributed by atoms with Crippen LogP contribution in [0.2, 0.25) is 0 Å². The van der Waals surface area contributed by atoms with Gasteiger partial charge in [0.2, 0.25) is 0 Å². The third-order valence-electron chi connectivity index (χ3n) is 3.76. The predicted octanol–water partition coefficient (Wildman–Crippen LogP) is 4.21. The summed E-state index contributed by atoms with van der Waals surface area (Å²) in [6.45, 7) is 2.12. The van der Waals surface area contributed by atoms with Crippen molar-refractivity contribution in [2.45, 2.75) is 50.0 Å². The fourth-order valence-electron chi connectivity index (χ4n) is 2.68. The van der Waals surface area contributed by atoms with Crippen molar-refractivity contribution in [3.05, 3.63) is 35.8 Å². The van der Waals surface area contributed by atoms with E-state index in [0.717, 1.165) is 16.6 Å². The predicted molar refractivity (Wildman–Crippen MR) is 78.1 cm³/mol. The van der Waals surface area contributed by atoms with Crippen molar-refractivity contribution in [3.63, 3.8) is 0 Å². The second-order valence-electron chi connectivity index (χ2n) is 5.25. The summed E-state index contributed by atoms with van der Waals surface area (Å²) in [5.41, 5.74) is 3.69. The Morgan fingerprint density at radius 2 is 2.17 bits per heavy atom. The van der Waals surface area contributed by atoms with Gasteiger partial charge in [0.1, 0.15) is 5.65 Å². The zero-order chi connectivity index (χ0) is 12.4. The molecule has 0 aliphatic heterocycles. The number of imidazole rings is 1. The highest BCUT2D eigenvalue weighted by Crippen LogP contribution is 2.30. The summed E-state index contributed by atoms with van der Waals surface area (Å²) < 4.78 is 2.23. The Morgan fingerprint density at radius 3 is 3.00 bits per heavy atom. The largest absolute Gasteiger partial charge is 0.303 e. The average Bonchev–Trinajstić information content (AvgIpc) is 2.80. The zero-order valence-electron chi connectivity index (χ0n) is 10.9. The van der Waals surface area contributed by atoms with Gasteiger partial charge >= 0.3 is 0 Å². The molecule has 2 nitrogen and oxygen atoms in total. The van der Waals surface area contributed by atoms with Gasteiger partial charge in [-0.25, -0.2) is 4.98 Å². The summed E-state index contributed by atoms with van der Waals surface area (Å²) in [6.07, 6.45) is 11.3. The minimum atomic E-state index is 0.870. The molecule has 96 valence electrons. The monoisotopic (exact) mass is 260 g/mol. The first-order valence-corrected chi connectivity index (χ1v) is 7.92. The van der Waals surface area contributed by atoms with Gasteiger partial charge in [-0.05, 0) is 37.5 Å². The van der Waals surface area contributed by atoms with Crippen molar-refractivity contribution >= 4 is 17.4 Å². The van der Waals surface area contributed by atoms with Crippen LogP contribution in [0.5, 0.6) is 0 Å². The van der Waals surface area contributed by atoms with Crippen molar-refractivity contribution in [1.82, 2.24) is 9.38 Å². The summed E-state index contributed by atoms with van der Waals surface area (Å²) >= 11 is 2.11. The Labute approximate surface area is 113 Å². The summed E-state index contributed by atoms with van der Waals surface area (Å²) in [6, 6.07) is 4.30. The number of pyridine rings is 1. The third kappa shape index (κ3) is 2.56. The fraction of sp³-hybridized carbons (Fsp3) is 0.533. The van der Waals surface area contributed by atoms with E-state index >= 15 is 0 Å². The van der Waals surface area contributed by atoms with Crippen molar-refractivity contribution in [2.24, 2.45) is 0 Å².